The number of aryl methyl sites for hydroxylation is 1. The number of H-pyrrole nitrogens is 1. The maximum absolute atomic E-state index is 12.6. The Morgan fingerprint density at radius 2 is 1.97 bits per heavy atom. The number of rotatable bonds is 6. The van der Waals surface area contributed by atoms with Crippen LogP contribution in [0.4, 0.5) is 5.13 Å². The fourth-order valence-electron chi connectivity index (χ4n) is 3.77. The van der Waals surface area contributed by atoms with E-state index in [-0.39, 0.29) is 31.1 Å². The summed E-state index contributed by atoms with van der Waals surface area (Å²) in [4.78, 5) is 36.9. The molecule has 0 atom stereocenters. The Hall–Kier alpha value is -4.51. The van der Waals surface area contributed by atoms with Crippen LogP contribution in [-0.2, 0) is 11.2 Å². The number of para-hydroxylation sites is 1. The lowest BCUT2D eigenvalue weighted by Gasteiger charge is -2.05. The van der Waals surface area contributed by atoms with E-state index in [1.54, 1.807) is 4.68 Å². The van der Waals surface area contributed by atoms with Crippen LogP contribution in [0.25, 0.3) is 28.0 Å². The van der Waals surface area contributed by atoms with Gasteiger partial charge in [0.15, 0.2) is 22.3 Å². The van der Waals surface area contributed by atoms with Gasteiger partial charge < -0.3 is 19.8 Å². The zero-order valence-electron chi connectivity index (χ0n) is 18.2. The number of fused-ring (bicyclic) bond motifs is 2. The molecule has 5 aromatic rings. The van der Waals surface area contributed by atoms with E-state index in [4.69, 9.17) is 9.47 Å². The molecular weight excluding hydrogens is 468 g/mol. The molecule has 2 aromatic carbocycles. The van der Waals surface area contributed by atoms with Crippen LogP contribution >= 0.6 is 11.3 Å². The van der Waals surface area contributed by atoms with Crippen molar-refractivity contribution in [2.75, 3.05) is 12.1 Å². The van der Waals surface area contributed by atoms with Crippen molar-refractivity contribution in [3.8, 4) is 28.4 Å². The summed E-state index contributed by atoms with van der Waals surface area (Å²) < 4.78 is 12.4. The number of aromatic amines is 1. The van der Waals surface area contributed by atoms with Gasteiger partial charge in [-0.2, -0.15) is 5.10 Å². The van der Waals surface area contributed by atoms with Gasteiger partial charge in [0.05, 0.1) is 17.6 Å². The number of aromatic nitrogens is 5. The predicted molar refractivity (Wildman–Crippen MR) is 130 cm³/mol. The first-order valence-electron chi connectivity index (χ1n) is 10.8. The number of hydrogen-bond donors (Lipinski definition) is 2. The normalized spacial score (nSPS) is 12.2. The average molecular weight is 487 g/mol. The van der Waals surface area contributed by atoms with Gasteiger partial charge in [-0.3, -0.25) is 9.59 Å². The van der Waals surface area contributed by atoms with Gasteiger partial charge in [-0.15, -0.1) is 11.3 Å². The maximum Gasteiger partial charge on any atom is 0.262 e. The SMILES string of the molecule is O=C(CCc1nc2c(cnn2-c2ccccc2)c(=O)[nH]1)Nc1nc(-c2ccc3c(c2)OCO3)cs1. The summed E-state index contributed by atoms with van der Waals surface area (Å²) in [5.74, 6) is 1.56. The molecule has 2 N–H and O–H groups in total. The molecular formula is C24H18N6O4S. The minimum Gasteiger partial charge on any atom is -0.454 e. The summed E-state index contributed by atoms with van der Waals surface area (Å²) >= 11 is 1.33. The Balaban J connectivity index is 1.14. The molecule has 0 unspecified atom stereocenters. The largest absolute Gasteiger partial charge is 0.454 e. The zero-order valence-corrected chi connectivity index (χ0v) is 19.0. The van der Waals surface area contributed by atoms with Gasteiger partial charge in [-0.05, 0) is 30.3 Å². The van der Waals surface area contributed by atoms with Crippen LogP contribution in [0, 0.1) is 0 Å². The Morgan fingerprint density at radius 3 is 2.86 bits per heavy atom. The first kappa shape index (κ1) is 21.1. The van der Waals surface area contributed by atoms with Crippen molar-refractivity contribution in [2.45, 2.75) is 12.8 Å². The van der Waals surface area contributed by atoms with Crippen molar-refractivity contribution in [2.24, 2.45) is 0 Å². The Bertz CT molecular complexity index is 1610. The van der Waals surface area contributed by atoms with Gasteiger partial charge >= 0.3 is 0 Å². The van der Waals surface area contributed by atoms with Crippen LogP contribution in [0.15, 0.2) is 64.9 Å². The standard InChI is InChI=1S/C24H18N6O4S/c31-21(29-24-26-17(12-35-24)14-6-7-18-19(10-14)34-13-33-18)9-8-20-27-22-16(23(32)28-20)11-25-30(22)15-4-2-1-3-5-15/h1-7,10-12H,8-9,13H2,(H,26,29,31)(H,27,28,32). The summed E-state index contributed by atoms with van der Waals surface area (Å²) in [5, 5.41) is 9.86. The van der Waals surface area contributed by atoms with Crippen LogP contribution in [0.1, 0.15) is 12.2 Å². The molecule has 0 saturated heterocycles. The molecule has 1 amide bonds. The second kappa shape index (κ2) is 8.69. The zero-order chi connectivity index (χ0) is 23.8. The molecule has 0 bridgehead atoms. The van der Waals surface area contributed by atoms with Gasteiger partial charge in [-0.25, -0.2) is 14.6 Å². The molecule has 0 saturated carbocycles. The van der Waals surface area contributed by atoms with Crippen LogP contribution < -0.4 is 20.3 Å². The summed E-state index contributed by atoms with van der Waals surface area (Å²) in [6.07, 6.45) is 1.88. The van der Waals surface area contributed by atoms with Crippen molar-refractivity contribution in [1.29, 1.82) is 0 Å². The highest BCUT2D eigenvalue weighted by molar-refractivity contribution is 7.14. The summed E-state index contributed by atoms with van der Waals surface area (Å²) in [6.45, 7) is 0.207. The first-order valence-corrected chi connectivity index (χ1v) is 11.7. The van der Waals surface area contributed by atoms with Crippen molar-refractivity contribution in [3.05, 3.63) is 76.3 Å². The Labute approximate surface area is 202 Å². The van der Waals surface area contributed by atoms with Crippen molar-refractivity contribution in [1.82, 2.24) is 24.7 Å². The maximum atomic E-state index is 12.6. The Morgan fingerprint density at radius 1 is 1.11 bits per heavy atom. The minimum atomic E-state index is -0.291. The number of benzene rings is 2. The van der Waals surface area contributed by atoms with Gasteiger partial charge in [0.25, 0.3) is 5.56 Å². The van der Waals surface area contributed by atoms with Crippen LogP contribution in [0.2, 0.25) is 0 Å². The highest BCUT2D eigenvalue weighted by atomic mass is 32.1. The van der Waals surface area contributed by atoms with Crippen LogP contribution in [0.5, 0.6) is 11.5 Å². The molecule has 3 aromatic heterocycles. The minimum absolute atomic E-state index is 0.132. The second-order valence-corrected chi connectivity index (χ2v) is 8.65. The van der Waals surface area contributed by atoms with Crippen molar-refractivity contribution >= 4 is 33.4 Å². The summed E-state index contributed by atoms with van der Waals surface area (Å²) in [5.41, 5.74) is 2.56. The van der Waals surface area contributed by atoms with Crippen LogP contribution in [0.3, 0.4) is 0 Å². The smallest absolute Gasteiger partial charge is 0.262 e. The molecule has 174 valence electrons. The lowest BCUT2D eigenvalue weighted by Crippen LogP contribution is -2.16. The van der Waals surface area contributed by atoms with Crippen LogP contribution in [-0.4, -0.2) is 37.4 Å². The summed E-state index contributed by atoms with van der Waals surface area (Å²) in [6, 6.07) is 15.0. The van der Waals surface area contributed by atoms with Crippen molar-refractivity contribution in [3.63, 3.8) is 0 Å². The molecule has 6 rings (SSSR count). The van der Waals surface area contributed by atoms with E-state index in [1.807, 2.05) is 53.9 Å². The average Bonchev–Trinajstić information content (AvgIpc) is 3.62. The van der Waals surface area contributed by atoms with E-state index in [0.717, 1.165) is 16.9 Å². The molecule has 4 heterocycles. The number of carbonyl (C=O) groups is 1. The molecule has 1 aliphatic heterocycles. The Kier molecular flexibility index (Phi) is 5.23. The fraction of sp³-hybridized carbons (Fsp3) is 0.125. The molecule has 35 heavy (non-hydrogen) atoms. The quantitative estimate of drug-likeness (QED) is 0.376. The van der Waals surface area contributed by atoms with E-state index in [9.17, 15) is 9.59 Å². The van der Waals surface area contributed by atoms with Gasteiger partial charge in [0, 0.05) is 23.8 Å². The first-order chi connectivity index (χ1) is 17.1. The monoisotopic (exact) mass is 486 g/mol. The molecule has 10 nitrogen and oxygen atoms in total. The third kappa shape index (κ3) is 4.13. The lowest BCUT2D eigenvalue weighted by atomic mass is 10.1. The molecule has 0 spiro atoms. The number of anilines is 1. The number of hydrogen-bond acceptors (Lipinski definition) is 8. The highest BCUT2D eigenvalue weighted by Crippen LogP contribution is 2.36. The molecule has 0 fully saturated rings. The molecule has 0 radical (unpaired) electrons. The van der Waals surface area contributed by atoms with Gasteiger partial charge in [0.2, 0.25) is 12.7 Å². The molecule has 11 heteroatoms. The highest BCUT2D eigenvalue weighted by Gasteiger charge is 2.16. The number of thiazole rings is 1. The topological polar surface area (TPSA) is 124 Å². The van der Waals surface area contributed by atoms with Gasteiger partial charge in [-0.1, -0.05) is 18.2 Å². The fourth-order valence-corrected chi connectivity index (χ4v) is 4.51. The van der Waals surface area contributed by atoms with Crippen molar-refractivity contribution < 1.29 is 14.3 Å². The third-order valence-corrected chi connectivity index (χ3v) is 6.25. The lowest BCUT2D eigenvalue weighted by molar-refractivity contribution is -0.116. The summed E-state index contributed by atoms with van der Waals surface area (Å²) in [7, 11) is 0. The van der Waals surface area contributed by atoms with E-state index in [2.05, 4.69) is 25.4 Å². The van der Waals surface area contributed by atoms with E-state index >= 15 is 0 Å². The number of carbonyl (C=O) groups excluding carboxylic acids is 1. The second-order valence-electron chi connectivity index (χ2n) is 7.80. The number of nitrogens with zero attached hydrogens (tertiary/aromatic N) is 4. The van der Waals surface area contributed by atoms with E-state index in [1.165, 1.54) is 17.5 Å². The van der Waals surface area contributed by atoms with E-state index in [0.29, 0.717) is 33.5 Å². The number of amides is 1. The predicted octanol–water partition coefficient (Wildman–Crippen LogP) is 3.53. The molecule has 0 aliphatic carbocycles. The van der Waals surface area contributed by atoms with E-state index < -0.39 is 0 Å². The third-order valence-electron chi connectivity index (χ3n) is 5.50. The number of ether oxygens (including phenoxy) is 2. The molecule has 1 aliphatic rings. The van der Waals surface area contributed by atoms with Gasteiger partial charge in [0.1, 0.15) is 11.2 Å². The number of nitrogens with one attached hydrogen (secondary N) is 2.